The van der Waals surface area contributed by atoms with Gasteiger partial charge < -0.3 is 10.1 Å². The summed E-state index contributed by atoms with van der Waals surface area (Å²) in [4.78, 5) is 0. The maximum absolute atomic E-state index is 5.47. The summed E-state index contributed by atoms with van der Waals surface area (Å²) in [5.74, 6) is 0. The Balaban J connectivity index is 2.73. The summed E-state index contributed by atoms with van der Waals surface area (Å²) in [7, 11) is 0. The molecule has 1 N–H and O–H groups in total. The van der Waals surface area contributed by atoms with E-state index >= 15 is 0 Å². The molecule has 0 aliphatic rings. The third kappa shape index (κ3) is 5.33. The number of nitrogens with one attached hydrogen (secondary N) is 1. The first-order chi connectivity index (χ1) is 8.99. The zero-order valence-corrected chi connectivity index (χ0v) is 13.1. The van der Waals surface area contributed by atoms with E-state index in [1.807, 2.05) is 6.92 Å². The second kappa shape index (κ2) is 7.66. The van der Waals surface area contributed by atoms with Crippen molar-refractivity contribution in [2.24, 2.45) is 0 Å². The zero-order chi connectivity index (χ0) is 14.3. The van der Waals surface area contributed by atoms with Crippen LogP contribution in [-0.4, -0.2) is 19.8 Å². The molecule has 0 aromatic heterocycles. The van der Waals surface area contributed by atoms with E-state index in [0.717, 1.165) is 26.2 Å². The first-order valence-electron chi connectivity index (χ1n) is 7.40. The molecule has 108 valence electrons. The van der Waals surface area contributed by atoms with Gasteiger partial charge >= 0.3 is 0 Å². The van der Waals surface area contributed by atoms with E-state index in [0.29, 0.717) is 6.04 Å². The second-order valence-electron chi connectivity index (χ2n) is 5.97. The molecule has 0 aliphatic carbocycles. The highest BCUT2D eigenvalue weighted by atomic mass is 16.5. The molecule has 0 spiro atoms. The Morgan fingerprint density at radius 3 is 2.21 bits per heavy atom. The molecule has 0 radical (unpaired) electrons. The fourth-order valence-corrected chi connectivity index (χ4v) is 2.19. The largest absolute Gasteiger partial charge is 0.382 e. The number of hydrogen-bond donors (Lipinski definition) is 1. The smallest absolute Gasteiger partial charge is 0.0484 e. The van der Waals surface area contributed by atoms with E-state index in [1.54, 1.807) is 0 Å². The number of hydrogen-bond acceptors (Lipinski definition) is 2. The number of rotatable bonds is 7. The molecule has 0 fully saturated rings. The Morgan fingerprint density at radius 2 is 1.74 bits per heavy atom. The third-order valence-corrected chi connectivity index (χ3v) is 3.38. The lowest BCUT2D eigenvalue weighted by molar-refractivity contribution is 0.136. The van der Waals surface area contributed by atoms with Gasteiger partial charge in [0, 0.05) is 19.3 Å². The summed E-state index contributed by atoms with van der Waals surface area (Å²) in [6, 6.07) is 9.39. The predicted molar refractivity (Wildman–Crippen MR) is 82.7 cm³/mol. The van der Waals surface area contributed by atoms with Crippen molar-refractivity contribution in [3.63, 3.8) is 0 Å². The first-order valence-corrected chi connectivity index (χ1v) is 7.40. The van der Waals surface area contributed by atoms with Crippen LogP contribution in [0, 0.1) is 0 Å². The molecule has 0 amide bonds. The van der Waals surface area contributed by atoms with Crippen LogP contribution in [0.2, 0.25) is 0 Å². The van der Waals surface area contributed by atoms with Crippen LogP contribution in [0.25, 0.3) is 0 Å². The van der Waals surface area contributed by atoms with Crippen LogP contribution in [0.5, 0.6) is 0 Å². The molecule has 19 heavy (non-hydrogen) atoms. The molecule has 2 nitrogen and oxygen atoms in total. The van der Waals surface area contributed by atoms with E-state index in [1.165, 1.54) is 11.1 Å². The normalized spacial score (nSPS) is 13.5. The highest BCUT2D eigenvalue weighted by Gasteiger charge is 2.15. The Bertz CT molecular complexity index is 351. The molecular weight excluding hydrogens is 234 g/mol. The van der Waals surface area contributed by atoms with E-state index in [4.69, 9.17) is 4.74 Å². The van der Waals surface area contributed by atoms with Crippen LogP contribution in [0.4, 0.5) is 0 Å². The lowest BCUT2D eigenvalue weighted by atomic mass is 9.86. The summed E-state index contributed by atoms with van der Waals surface area (Å²) in [5.41, 5.74) is 2.96. The lowest BCUT2D eigenvalue weighted by Crippen LogP contribution is -2.22. The Labute approximate surface area is 118 Å². The maximum Gasteiger partial charge on any atom is 0.0484 e. The SMILES string of the molecule is CCNC(CCOCC)c1ccc(C(C)(C)C)cc1. The van der Waals surface area contributed by atoms with Crippen molar-refractivity contribution in [2.75, 3.05) is 19.8 Å². The van der Waals surface area contributed by atoms with Crippen LogP contribution in [0.1, 0.15) is 58.2 Å². The standard InChI is InChI=1S/C17H29NO/c1-6-18-16(12-13-19-7-2)14-8-10-15(11-9-14)17(3,4)5/h8-11,16,18H,6-7,12-13H2,1-5H3. The average molecular weight is 263 g/mol. The van der Waals surface area contributed by atoms with Crippen LogP contribution in [0.15, 0.2) is 24.3 Å². The zero-order valence-electron chi connectivity index (χ0n) is 13.1. The van der Waals surface area contributed by atoms with Gasteiger partial charge in [0.05, 0.1) is 0 Å². The van der Waals surface area contributed by atoms with Crippen molar-refractivity contribution in [2.45, 2.75) is 52.5 Å². The van der Waals surface area contributed by atoms with E-state index in [9.17, 15) is 0 Å². The van der Waals surface area contributed by atoms with Crippen molar-refractivity contribution in [1.29, 1.82) is 0 Å². The van der Waals surface area contributed by atoms with Crippen LogP contribution in [-0.2, 0) is 10.2 Å². The highest BCUT2D eigenvalue weighted by Crippen LogP contribution is 2.25. The average Bonchev–Trinajstić information content (AvgIpc) is 2.37. The quantitative estimate of drug-likeness (QED) is 0.749. The van der Waals surface area contributed by atoms with E-state index < -0.39 is 0 Å². The van der Waals surface area contributed by atoms with Gasteiger partial charge in [-0.1, -0.05) is 52.0 Å². The summed E-state index contributed by atoms with van der Waals surface area (Å²) >= 11 is 0. The summed E-state index contributed by atoms with van der Waals surface area (Å²) in [6.45, 7) is 13.5. The van der Waals surface area contributed by atoms with Gasteiger partial charge in [-0.25, -0.2) is 0 Å². The molecular formula is C17H29NO. The molecule has 1 unspecified atom stereocenters. The van der Waals surface area contributed by atoms with Gasteiger partial charge in [0.2, 0.25) is 0 Å². The maximum atomic E-state index is 5.47. The molecule has 2 heteroatoms. The van der Waals surface area contributed by atoms with Crippen molar-refractivity contribution >= 4 is 0 Å². The molecule has 0 saturated carbocycles. The van der Waals surface area contributed by atoms with Gasteiger partial charge in [-0.15, -0.1) is 0 Å². The lowest BCUT2D eigenvalue weighted by Gasteiger charge is -2.22. The first kappa shape index (κ1) is 16.2. The van der Waals surface area contributed by atoms with Crippen LogP contribution < -0.4 is 5.32 Å². The van der Waals surface area contributed by atoms with Crippen molar-refractivity contribution in [1.82, 2.24) is 5.32 Å². The third-order valence-electron chi connectivity index (χ3n) is 3.38. The van der Waals surface area contributed by atoms with Gasteiger partial charge in [0.1, 0.15) is 0 Å². The van der Waals surface area contributed by atoms with Crippen LogP contribution in [0.3, 0.4) is 0 Å². The molecule has 0 bridgehead atoms. The minimum Gasteiger partial charge on any atom is -0.382 e. The van der Waals surface area contributed by atoms with Gasteiger partial charge in [-0.3, -0.25) is 0 Å². The monoisotopic (exact) mass is 263 g/mol. The minimum atomic E-state index is 0.220. The van der Waals surface area contributed by atoms with E-state index in [2.05, 4.69) is 57.3 Å². The van der Waals surface area contributed by atoms with Crippen molar-refractivity contribution in [3.05, 3.63) is 35.4 Å². The fraction of sp³-hybridized carbons (Fsp3) is 0.647. The topological polar surface area (TPSA) is 21.3 Å². The van der Waals surface area contributed by atoms with Crippen molar-refractivity contribution < 1.29 is 4.74 Å². The van der Waals surface area contributed by atoms with Crippen molar-refractivity contribution in [3.8, 4) is 0 Å². The van der Waals surface area contributed by atoms with Gasteiger partial charge in [-0.05, 0) is 36.4 Å². The highest BCUT2D eigenvalue weighted by molar-refractivity contribution is 5.29. The predicted octanol–water partition coefficient (Wildman–Crippen LogP) is 4.06. The molecule has 1 atom stereocenters. The number of benzene rings is 1. The molecule has 0 heterocycles. The van der Waals surface area contributed by atoms with Gasteiger partial charge in [-0.2, -0.15) is 0 Å². The van der Waals surface area contributed by atoms with Gasteiger partial charge in [0.25, 0.3) is 0 Å². The summed E-state index contributed by atoms with van der Waals surface area (Å²) < 4.78 is 5.47. The Kier molecular flexibility index (Phi) is 6.53. The summed E-state index contributed by atoms with van der Waals surface area (Å²) in [6.07, 6.45) is 1.02. The molecule has 1 aromatic rings. The molecule has 1 aromatic carbocycles. The Morgan fingerprint density at radius 1 is 1.11 bits per heavy atom. The van der Waals surface area contributed by atoms with E-state index in [-0.39, 0.29) is 5.41 Å². The number of ether oxygens (including phenoxy) is 1. The molecule has 1 rings (SSSR count). The van der Waals surface area contributed by atoms with Crippen LogP contribution >= 0.6 is 0 Å². The molecule has 0 saturated heterocycles. The Hall–Kier alpha value is -0.860. The second-order valence-corrected chi connectivity index (χ2v) is 5.97. The fourth-order valence-electron chi connectivity index (χ4n) is 2.19. The van der Waals surface area contributed by atoms with Gasteiger partial charge in [0.15, 0.2) is 0 Å². The molecule has 0 aliphatic heterocycles. The summed E-state index contributed by atoms with van der Waals surface area (Å²) in [5, 5.41) is 3.54. The minimum absolute atomic E-state index is 0.220.